The van der Waals surface area contributed by atoms with Crippen molar-refractivity contribution in [1.82, 2.24) is 0 Å². The van der Waals surface area contributed by atoms with Gasteiger partial charge in [-0.3, -0.25) is 0 Å². The van der Waals surface area contributed by atoms with Gasteiger partial charge in [0.15, 0.2) is 0 Å². The summed E-state index contributed by atoms with van der Waals surface area (Å²) in [6.45, 7) is 0. The van der Waals surface area contributed by atoms with E-state index in [4.69, 9.17) is 16.9 Å². The van der Waals surface area contributed by atoms with Crippen molar-refractivity contribution < 1.29 is 0 Å². The van der Waals surface area contributed by atoms with E-state index < -0.39 is 0 Å². The van der Waals surface area contributed by atoms with Crippen LogP contribution in [-0.2, 0) is 5.88 Å². The third-order valence-electron chi connectivity index (χ3n) is 2.05. The molecule has 0 N–H and O–H groups in total. The third kappa shape index (κ3) is 1.52. The number of benzene rings is 1. The van der Waals surface area contributed by atoms with Crippen molar-refractivity contribution in [3.8, 4) is 6.07 Å². The Labute approximate surface area is 104 Å². The van der Waals surface area contributed by atoms with E-state index in [2.05, 4.69) is 34.7 Å². The second kappa shape index (κ2) is 4.05. The van der Waals surface area contributed by atoms with Crippen LogP contribution in [0, 0.1) is 14.9 Å². The molecule has 4 heteroatoms. The van der Waals surface area contributed by atoms with Gasteiger partial charge in [0.25, 0.3) is 0 Å². The average molecular weight is 334 g/mol. The highest BCUT2D eigenvalue weighted by molar-refractivity contribution is 14.1. The molecule has 14 heavy (non-hydrogen) atoms. The number of nitrogens with zero attached hydrogens (tertiary/aromatic N) is 1. The smallest absolute Gasteiger partial charge is 0.0995 e. The molecule has 0 unspecified atom stereocenters. The summed E-state index contributed by atoms with van der Waals surface area (Å²) >= 11 is 9.74. The highest BCUT2D eigenvalue weighted by Gasteiger charge is 2.10. The van der Waals surface area contributed by atoms with E-state index in [1.54, 1.807) is 11.3 Å². The van der Waals surface area contributed by atoms with Crippen molar-refractivity contribution >= 4 is 55.6 Å². The molecule has 2 aromatic rings. The molecular formula is C10H5ClINS. The number of fused-ring (bicyclic) bond motifs is 1. The maximum absolute atomic E-state index is 8.96. The van der Waals surface area contributed by atoms with Gasteiger partial charge in [-0.05, 0) is 40.1 Å². The second-order valence-corrected chi connectivity index (χ2v) is 5.14. The summed E-state index contributed by atoms with van der Waals surface area (Å²) in [5.41, 5.74) is 1.65. The fraction of sp³-hybridized carbons (Fsp3) is 0.100. The summed E-state index contributed by atoms with van der Waals surface area (Å²) in [5, 5.41) is 12.2. The molecule has 0 amide bonds. The van der Waals surface area contributed by atoms with Crippen LogP contribution in [0.4, 0.5) is 0 Å². The van der Waals surface area contributed by atoms with Crippen LogP contribution in [0.15, 0.2) is 17.5 Å². The van der Waals surface area contributed by atoms with E-state index in [0.29, 0.717) is 11.4 Å². The highest BCUT2D eigenvalue weighted by Crippen LogP contribution is 2.32. The lowest BCUT2D eigenvalue weighted by atomic mass is 10.1. The first-order chi connectivity index (χ1) is 6.77. The van der Waals surface area contributed by atoms with Crippen LogP contribution in [0.2, 0.25) is 0 Å². The molecule has 0 aliphatic carbocycles. The lowest BCUT2D eigenvalue weighted by molar-refractivity contribution is 1.39. The summed E-state index contributed by atoms with van der Waals surface area (Å²) < 4.78 is 2.26. The predicted molar refractivity (Wildman–Crippen MR) is 68.8 cm³/mol. The first kappa shape index (κ1) is 10.2. The molecule has 0 spiro atoms. The van der Waals surface area contributed by atoms with Gasteiger partial charge in [-0.1, -0.05) is 0 Å². The number of hydrogen-bond acceptors (Lipinski definition) is 2. The number of alkyl halides is 1. The summed E-state index contributed by atoms with van der Waals surface area (Å²) in [6.07, 6.45) is 0. The Morgan fingerprint density at radius 1 is 1.57 bits per heavy atom. The number of nitriles is 1. The van der Waals surface area contributed by atoms with Gasteiger partial charge in [0.2, 0.25) is 0 Å². The topological polar surface area (TPSA) is 23.8 Å². The molecule has 0 saturated heterocycles. The van der Waals surface area contributed by atoms with Gasteiger partial charge in [0.1, 0.15) is 0 Å². The van der Waals surface area contributed by atoms with Crippen molar-refractivity contribution in [2.45, 2.75) is 5.88 Å². The van der Waals surface area contributed by atoms with E-state index in [0.717, 1.165) is 13.8 Å². The van der Waals surface area contributed by atoms with E-state index in [-0.39, 0.29) is 0 Å². The van der Waals surface area contributed by atoms with Crippen LogP contribution in [0.5, 0.6) is 0 Å². The zero-order chi connectivity index (χ0) is 10.1. The minimum atomic E-state index is 0.400. The SMILES string of the molecule is N#Cc1cc(I)c2ccsc2c1CCl. The zero-order valence-electron chi connectivity index (χ0n) is 7.05. The summed E-state index contributed by atoms with van der Waals surface area (Å²) in [7, 11) is 0. The van der Waals surface area contributed by atoms with Gasteiger partial charge in [-0.25, -0.2) is 0 Å². The number of rotatable bonds is 1. The summed E-state index contributed by atoms with van der Waals surface area (Å²) in [5.74, 6) is 0.400. The van der Waals surface area contributed by atoms with Crippen LogP contribution in [0.3, 0.4) is 0 Å². The second-order valence-electron chi connectivity index (χ2n) is 2.79. The normalized spacial score (nSPS) is 10.4. The Balaban J connectivity index is 2.90. The van der Waals surface area contributed by atoms with Crippen molar-refractivity contribution in [3.63, 3.8) is 0 Å². The lowest BCUT2D eigenvalue weighted by Gasteiger charge is -2.03. The van der Waals surface area contributed by atoms with Gasteiger partial charge in [0.05, 0.1) is 17.5 Å². The first-order valence-electron chi connectivity index (χ1n) is 3.92. The molecule has 0 fully saturated rings. The van der Waals surface area contributed by atoms with E-state index in [9.17, 15) is 0 Å². The van der Waals surface area contributed by atoms with Gasteiger partial charge in [0, 0.05) is 19.2 Å². The maximum atomic E-state index is 8.96. The molecule has 0 bridgehead atoms. The quantitative estimate of drug-likeness (QED) is 0.569. The Kier molecular flexibility index (Phi) is 2.96. The van der Waals surface area contributed by atoms with Gasteiger partial charge >= 0.3 is 0 Å². The number of thiophene rings is 1. The van der Waals surface area contributed by atoms with Crippen LogP contribution in [-0.4, -0.2) is 0 Å². The molecule has 0 atom stereocenters. The highest BCUT2D eigenvalue weighted by atomic mass is 127. The Morgan fingerprint density at radius 2 is 2.36 bits per heavy atom. The van der Waals surface area contributed by atoms with Crippen LogP contribution >= 0.6 is 45.5 Å². The molecule has 70 valence electrons. The van der Waals surface area contributed by atoms with Crippen LogP contribution in [0.1, 0.15) is 11.1 Å². The van der Waals surface area contributed by atoms with Crippen molar-refractivity contribution in [2.75, 3.05) is 0 Å². The Bertz CT molecular complexity index is 527. The monoisotopic (exact) mass is 333 g/mol. The molecule has 0 radical (unpaired) electrons. The van der Waals surface area contributed by atoms with Crippen molar-refractivity contribution in [1.29, 1.82) is 5.26 Å². The number of hydrogen-bond donors (Lipinski definition) is 0. The molecule has 0 saturated carbocycles. The van der Waals surface area contributed by atoms with Gasteiger partial charge in [-0.2, -0.15) is 5.26 Å². The van der Waals surface area contributed by atoms with Crippen molar-refractivity contribution in [3.05, 3.63) is 32.2 Å². The average Bonchev–Trinajstić information content (AvgIpc) is 2.66. The third-order valence-corrected chi connectivity index (χ3v) is 4.18. The fourth-order valence-electron chi connectivity index (χ4n) is 1.38. The Morgan fingerprint density at radius 3 is 3.00 bits per heavy atom. The minimum Gasteiger partial charge on any atom is -0.192 e. The van der Waals surface area contributed by atoms with E-state index >= 15 is 0 Å². The molecule has 1 heterocycles. The molecule has 1 aromatic heterocycles. The Hall–Kier alpha value is -0.310. The molecule has 2 rings (SSSR count). The van der Waals surface area contributed by atoms with Crippen LogP contribution in [0.25, 0.3) is 10.1 Å². The molecule has 1 nitrogen and oxygen atoms in total. The largest absolute Gasteiger partial charge is 0.192 e. The van der Waals surface area contributed by atoms with E-state index in [1.165, 1.54) is 5.39 Å². The van der Waals surface area contributed by atoms with Crippen LogP contribution < -0.4 is 0 Å². The maximum Gasteiger partial charge on any atom is 0.0995 e. The fourth-order valence-corrected chi connectivity index (χ4v) is 3.65. The summed E-state index contributed by atoms with van der Waals surface area (Å²) in [6, 6.07) is 6.15. The molecule has 1 aromatic carbocycles. The van der Waals surface area contributed by atoms with E-state index in [1.807, 2.05) is 11.4 Å². The van der Waals surface area contributed by atoms with Crippen molar-refractivity contribution in [2.24, 2.45) is 0 Å². The molecule has 0 aliphatic rings. The predicted octanol–water partition coefficient (Wildman–Crippen LogP) is 4.12. The first-order valence-corrected chi connectivity index (χ1v) is 6.42. The minimum absolute atomic E-state index is 0.400. The summed E-state index contributed by atoms with van der Waals surface area (Å²) in [4.78, 5) is 0. The van der Waals surface area contributed by atoms with Gasteiger partial charge < -0.3 is 0 Å². The lowest BCUT2D eigenvalue weighted by Crippen LogP contribution is -1.88. The number of halogens is 2. The van der Waals surface area contributed by atoms with Gasteiger partial charge in [-0.15, -0.1) is 22.9 Å². The molecular weight excluding hydrogens is 329 g/mol. The standard InChI is InChI=1S/C10H5ClINS/c11-4-8-6(5-13)3-9(12)7-1-2-14-10(7)8/h1-3H,4H2. The zero-order valence-corrected chi connectivity index (χ0v) is 10.8. The molecule has 0 aliphatic heterocycles.